The van der Waals surface area contributed by atoms with Gasteiger partial charge in [-0.1, -0.05) is 31.0 Å². The van der Waals surface area contributed by atoms with Crippen LogP contribution in [0.2, 0.25) is 0 Å². The van der Waals surface area contributed by atoms with Crippen molar-refractivity contribution >= 4 is 11.6 Å². The highest BCUT2D eigenvalue weighted by molar-refractivity contribution is 6.25. The van der Waals surface area contributed by atoms with Crippen LogP contribution in [0.3, 0.4) is 0 Å². The summed E-state index contributed by atoms with van der Waals surface area (Å²) >= 11 is 5.59. The minimum absolute atomic E-state index is 0.227. The van der Waals surface area contributed by atoms with Gasteiger partial charge in [-0.2, -0.15) is 0 Å². The van der Waals surface area contributed by atoms with Gasteiger partial charge in [0.1, 0.15) is 0 Å². The van der Waals surface area contributed by atoms with Crippen LogP contribution in [0.5, 0.6) is 0 Å². The van der Waals surface area contributed by atoms with Crippen LogP contribution < -0.4 is 5.32 Å². The molecule has 1 atom stereocenters. The lowest BCUT2D eigenvalue weighted by molar-refractivity contribution is 0.102. The maximum Gasteiger partial charge on any atom is 0.0253 e. The van der Waals surface area contributed by atoms with E-state index in [2.05, 4.69) is 31.0 Å². The largest absolute Gasteiger partial charge is 0.309 e. The van der Waals surface area contributed by atoms with Gasteiger partial charge in [-0.15, -0.1) is 0 Å². The first-order chi connectivity index (χ1) is 7.09. The van der Waals surface area contributed by atoms with E-state index in [4.69, 9.17) is 11.6 Å². The second kappa shape index (κ2) is 5.88. The van der Waals surface area contributed by atoms with Gasteiger partial charge in [0, 0.05) is 36.8 Å². The Kier molecular flexibility index (Phi) is 5.10. The van der Waals surface area contributed by atoms with Gasteiger partial charge in [0.15, 0.2) is 0 Å². The van der Waals surface area contributed by atoms with Crippen molar-refractivity contribution in [3.05, 3.63) is 11.6 Å². The average molecular weight is 231 g/mol. The molecular weight excluding hydrogens is 208 g/mol. The maximum absolute atomic E-state index is 5.59. The van der Waals surface area contributed by atoms with Crippen molar-refractivity contribution in [1.29, 1.82) is 0 Å². The highest BCUT2D eigenvalue weighted by Gasteiger charge is 2.30. The van der Waals surface area contributed by atoms with Crippen molar-refractivity contribution in [3.63, 3.8) is 0 Å². The number of hydrogen-bond donors (Lipinski definition) is 1. The quantitative estimate of drug-likeness (QED) is 0.799. The lowest BCUT2D eigenvalue weighted by Crippen LogP contribution is -2.61. The molecule has 0 radical (unpaired) electrons. The van der Waals surface area contributed by atoms with Crippen LogP contribution in [0.1, 0.15) is 33.6 Å². The van der Waals surface area contributed by atoms with Crippen LogP contribution in [-0.4, -0.2) is 36.1 Å². The molecule has 1 unspecified atom stereocenters. The van der Waals surface area contributed by atoms with Crippen LogP contribution >= 0.6 is 11.6 Å². The zero-order chi connectivity index (χ0) is 11.3. The van der Waals surface area contributed by atoms with Crippen molar-refractivity contribution in [2.24, 2.45) is 0 Å². The predicted molar refractivity (Wildman–Crippen MR) is 67.3 cm³/mol. The molecule has 0 amide bonds. The molecule has 0 bridgehead atoms. The van der Waals surface area contributed by atoms with Crippen molar-refractivity contribution in [3.8, 4) is 0 Å². The van der Waals surface area contributed by atoms with Crippen LogP contribution in [0.4, 0.5) is 0 Å². The molecule has 1 saturated heterocycles. The highest BCUT2D eigenvalue weighted by atomic mass is 35.5. The summed E-state index contributed by atoms with van der Waals surface area (Å²) in [6.07, 6.45) is 4.54. The monoisotopic (exact) mass is 230 g/mol. The Morgan fingerprint density at radius 3 is 2.87 bits per heavy atom. The molecular formula is C12H23ClN2. The van der Waals surface area contributed by atoms with E-state index in [1.807, 2.05) is 6.08 Å². The molecule has 88 valence electrons. The highest BCUT2D eigenvalue weighted by Crippen LogP contribution is 2.18. The Balaban J connectivity index is 2.56. The zero-order valence-corrected chi connectivity index (χ0v) is 10.8. The molecule has 1 aliphatic heterocycles. The van der Waals surface area contributed by atoms with E-state index in [9.17, 15) is 0 Å². The zero-order valence-electron chi connectivity index (χ0n) is 10.1. The standard InChI is InChI=1S/C12H23ClN2/c1-4-6-11-9-14-12(2,3)10-15(11)8-5-7-13/h5,7,11,14H,4,6,8-10H2,1-3H3/b7-5+. The minimum atomic E-state index is 0.227. The second-order valence-corrected chi connectivity index (χ2v) is 5.25. The molecule has 1 fully saturated rings. The van der Waals surface area contributed by atoms with Crippen LogP contribution in [-0.2, 0) is 0 Å². The van der Waals surface area contributed by atoms with Gasteiger partial charge in [0.05, 0.1) is 0 Å². The molecule has 3 heteroatoms. The first kappa shape index (κ1) is 13.0. The molecule has 0 aliphatic carbocycles. The van der Waals surface area contributed by atoms with E-state index in [1.165, 1.54) is 12.8 Å². The molecule has 0 aromatic carbocycles. The molecule has 15 heavy (non-hydrogen) atoms. The molecule has 1 rings (SSSR count). The van der Waals surface area contributed by atoms with Gasteiger partial charge in [0.25, 0.3) is 0 Å². The number of hydrogen-bond acceptors (Lipinski definition) is 2. The van der Waals surface area contributed by atoms with E-state index in [0.29, 0.717) is 6.04 Å². The van der Waals surface area contributed by atoms with Crippen LogP contribution in [0.15, 0.2) is 11.6 Å². The van der Waals surface area contributed by atoms with Gasteiger partial charge in [0.2, 0.25) is 0 Å². The molecule has 0 saturated carbocycles. The normalized spacial score (nSPS) is 27.3. The molecule has 1 aliphatic rings. The third kappa shape index (κ3) is 4.13. The Bertz CT molecular complexity index is 214. The van der Waals surface area contributed by atoms with E-state index >= 15 is 0 Å². The molecule has 1 N–H and O–H groups in total. The molecule has 0 spiro atoms. The fourth-order valence-electron chi connectivity index (χ4n) is 2.22. The molecule has 1 heterocycles. The SMILES string of the molecule is CCCC1CNC(C)(C)CN1C/C=C/Cl. The third-order valence-electron chi connectivity index (χ3n) is 2.98. The smallest absolute Gasteiger partial charge is 0.0253 e. The van der Waals surface area contributed by atoms with Crippen molar-refractivity contribution in [1.82, 2.24) is 10.2 Å². The average Bonchev–Trinajstić information content (AvgIpc) is 2.18. The Hall–Kier alpha value is -0.0500. The van der Waals surface area contributed by atoms with Crippen LogP contribution in [0, 0.1) is 0 Å². The number of nitrogens with one attached hydrogen (secondary N) is 1. The van der Waals surface area contributed by atoms with Gasteiger partial charge >= 0.3 is 0 Å². The van der Waals surface area contributed by atoms with Gasteiger partial charge < -0.3 is 5.32 Å². The predicted octanol–water partition coefficient (Wildman–Crippen LogP) is 2.59. The summed E-state index contributed by atoms with van der Waals surface area (Å²) < 4.78 is 0. The Labute approximate surface area is 98.7 Å². The fraction of sp³-hybridized carbons (Fsp3) is 0.833. The summed E-state index contributed by atoms with van der Waals surface area (Å²) in [5.74, 6) is 0. The summed E-state index contributed by atoms with van der Waals surface area (Å²) in [5.41, 5.74) is 1.85. The summed E-state index contributed by atoms with van der Waals surface area (Å²) in [6.45, 7) is 9.92. The third-order valence-corrected chi connectivity index (χ3v) is 3.16. The fourth-order valence-corrected chi connectivity index (χ4v) is 2.30. The minimum Gasteiger partial charge on any atom is -0.309 e. The first-order valence-electron chi connectivity index (χ1n) is 5.83. The summed E-state index contributed by atoms with van der Waals surface area (Å²) in [5, 5.41) is 3.60. The summed E-state index contributed by atoms with van der Waals surface area (Å²) in [6, 6.07) is 0.663. The summed E-state index contributed by atoms with van der Waals surface area (Å²) in [4.78, 5) is 2.53. The van der Waals surface area contributed by atoms with Crippen LogP contribution in [0.25, 0.3) is 0 Å². The number of nitrogens with zero attached hydrogens (tertiary/aromatic N) is 1. The van der Waals surface area contributed by atoms with Gasteiger partial charge in [-0.3, -0.25) is 4.90 Å². The second-order valence-electron chi connectivity index (χ2n) is 5.00. The van der Waals surface area contributed by atoms with Crippen molar-refractivity contribution < 1.29 is 0 Å². The van der Waals surface area contributed by atoms with E-state index in [0.717, 1.165) is 19.6 Å². The first-order valence-corrected chi connectivity index (χ1v) is 6.27. The van der Waals surface area contributed by atoms with Gasteiger partial charge in [-0.25, -0.2) is 0 Å². The van der Waals surface area contributed by atoms with E-state index < -0.39 is 0 Å². The molecule has 0 aromatic rings. The number of piperazine rings is 1. The topological polar surface area (TPSA) is 15.3 Å². The lowest BCUT2D eigenvalue weighted by Gasteiger charge is -2.44. The Morgan fingerprint density at radius 2 is 2.27 bits per heavy atom. The lowest BCUT2D eigenvalue weighted by atomic mass is 9.97. The van der Waals surface area contributed by atoms with E-state index in [-0.39, 0.29) is 5.54 Å². The Morgan fingerprint density at radius 1 is 1.53 bits per heavy atom. The van der Waals surface area contributed by atoms with Gasteiger partial charge in [-0.05, 0) is 20.3 Å². The van der Waals surface area contributed by atoms with Crippen molar-refractivity contribution in [2.45, 2.75) is 45.2 Å². The summed E-state index contributed by atoms with van der Waals surface area (Å²) in [7, 11) is 0. The van der Waals surface area contributed by atoms with Crippen molar-refractivity contribution in [2.75, 3.05) is 19.6 Å². The molecule has 0 aromatic heterocycles. The number of rotatable bonds is 4. The number of halogens is 1. The van der Waals surface area contributed by atoms with E-state index in [1.54, 1.807) is 5.54 Å². The maximum atomic E-state index is 5.59. The molecule has 2 nitrogen and oxygen atoms in total.